The maximum Gasteiger partial charge on any atom is 0.449 e. The molecule has 3 aromatic heterocycles. The largest absolute Gasteiger partial charge is 0.449 e. The Morgan fingerprint density at radius 2 is 1.80 bits per heavy atom. The van der Waals surface area contributed by atoms with E-state index in [4.69, 9.17) is 5.73 Å². The molecule has 132 valence electrons. The van der Waals surface area contributed by atoms with Gasteiger partial charge >= 0.3 is 6.18 Å². The summed E-state index contributed by atoms with van der Waals surface area (Å²) in [6.07, 6.45) is -3.34. The van der Waals surface area contributed by atoms with Crippen LogP contribution in [-0.4, -0.2) is 55.5 Å². The highest BCUT2D eigenvalue weighted by Gasteiger charge is 2.36. The van der Waals surface area contributed by atoms with Gasteiger partial charge in [-0.3, -0.25) is 0 Å². The first-order valence-electron chi connectivity index (χ1n) is 7.29. The number of imidazole rings is 1. The van der Waals surface area contributed by atoms with Crippen molar-refractivity contribution >= 4 is 39.6 Å². The number of nitrogen functional groups attached to an aromatic ring is 1. The van der Waals surface area contributed by atoms with Crippen molar-refractivity contribution in [3.05, 3.63) is 12.2 Å². The van der Waals surface area contributed by atoms with E-state index >= 15 is 0 Å². The minimum Gasteiger partial charge on any atom is -0.367 e. The lowest BCUT2D eigenvalue weighted by Gasteiger charge is -2.34. The number of anilines is 3. The maximum absolute atomic E-state index is 12.9. The van der Waals surface area contributed by atoms with Crippen LogP contribution in [0.1, 0.15) is 5.82 Å². The molecule has 0 aliphatic carbocycles. The summed E-state index contributed by atoms with van der Waals surface area (Å²) in [5.41, 5.74) is 5.72. The predicted molar refractivity (Wildman–Crippen MR) is 85.4 cm³/mol. The Morgan fingerprint density at radius 1 is 1.08 bits per heavy atom. The van der Waals surface area contributed by atoms with Crippen LogP contribution in [0.2, 0.25) is 0 Å². The van der Waals surface area contributed by atoms with Crippen LogP contribution in [0, 0.1) is 0 Å². The molecule has 0 atom stereocenters. The molecule has 0 radical (unpaired) electrons. The molecule has 0 aromatic carbocycles. The second kappa shape index (κ2) is 5.68. The predicted octanol–water partition coefficient (Wildman–Crippen LogP) is 1.13. The quantitative estimate of drug-likeness (QED) is 0.689. The number of nitrogens with two attached hydrogens (primary N) is 1. The molecule has 3 N–H and O–H groups in total. The van der Waals surface area contributed by atoms with Gasteiger partial charge in [-0.05, 0) is 0 Å². The van der Waals surface area contributed by atoms with E-state index in [0.717, 1.165) is 5.13 Å². The van der Waals surface area contributed by atoms with Crippen LogP contribution in [0.4, 0.5) is 30.1 Å². The van der Waals surface area contributed by atoms with Crippen molar-refractivity contribution in [2.24, 2.45) is 0 Å². The number of H-pyrrole nitrogens is 1. The highest BCUT2D eigenvalue weighted by atomic mass is 32.1. The zero-order chi connectivity index (χ0) is 17.6. The van der Waals surface area contributed by atoms with Crippen molar-refractivity contribution in [2.45, 2.75) is 6.18 Å². The molecule has 9 nitrogen and oxygen atoms in total. The fourth-order valence-electron chi connectivity index (χ4n) is 2.65. The molecule has 0 spiro atoms. The number of aromatic nitrogens is 6. The van der Waals surface area contributed by atoms with E-state index < -0.39 is 12.0 Å². The van der Waals surface area contributed by atoms with Crippen LogP contribution >= 0.6 is 11.5 Å². The lowest BCUT2D eigenvalue weighted by atomic mass is 10.3. The fourth-order valence-corrected chi connectivity index (χ4v) is 3.30. The lowest BCUT2D eigenvalue weighted by Crippen LogP contribution is -2.47. The van der Waals surface area contributed by atoms with Gasteiger partial charge in [0.1, 0.15) is 11.8 Å². The number of rotatable bonds is 2. The van der Waals surface area contributed by atoms with Crippen molar-refractivity contribution in [3.63, 3.8) is 0 Å². The lowest BCUT2D eigenvalue weighted by molar-refractivity contribution is -0.144. The van der Waals surface area contributed by atoms with E-state index in [1.807, 2.05) is 9.80 Å². The average Bonchev–Trinajstić information content (AvgIpc) is 3.20. The molecule has 0 unspecified atom stereocenters. The summed E-state index contributed by atoms with van der Waals surface area (Å²) in [6.45, 7) is 2.37. The van der Waals surface area contributed by atoms with Gasteiger partial charge in [0.2, 0.25) is 16.9 Å². The summed E-state index contributed by atoms with van der Waals surface area (Å²) >= 11 is 1.22. The number of piperazine rings is 1. The number of nitrogens with one attached hydrogen (secondary N) is 1. The first-order valence-corrected chi connectivity index (χ1v) is 8.06. The van der Waals surface area contributed by atoms with Crippen molar-refractivity contribution in [2.75, 3.05) is 41.7 Å². The second-order valence-electron chi connectivity index (χ2n) is 5.39. The molecular weight excluding hydrogens is 359 g/mol. The molecule has 1 fully saturated rings. The van der Waals surface area contributed by atoms with E-state index in [-0.39, 0.29) is 17.1 Å². The molecule has 0 amide bonds. The van der Waals surface area contributed by atoms with Crippen molar-refractivity contribution in [3.8, 4) is 0 Å². The normalized spacial score (nSPS) is 16.0. The standard InChI is InChI=1S/C12H12F3N9S/c13-12(14,15)9-19-6-7(20-9)17-5-18-8(6)23-1-3-24(4-2-23)11-21-10(16)22-25-11/h5H,1-4H2,(H2,16,22)(H,17,18,19,20). The number of aromatic amines is 1. The molecule has 1 aliphatic rings. The molecule has 1 aliphatic heterocycles. The third-order valence-electron chi connectivity index (χ3n) is 3.82. The van der Waals surface area contributed by atoms with Gasteiger partial charge in [0, 0.05) is 37.7 Å². The highest BCUT2D eigenvalue weighted by molar-refractivity contribution is 7.09. The number of nitrogens with zero attached hydrogens (tertiary/aromatic N) is 7. The van der Waals surface area contributed by atoms with Gasteiger partial charge in [0.25, 0.3) is 0 Å². The summed E-state index contributed by atoms with van der Waals surface area (Å²) in [6, 6.07) is 0. The molecule has 13 heteroatoms. The van der Waals surface area contributed by atoms with Crippen LogP contribution < -0.4 is 15.5 Å². The monoisotopic (exact) mass is 371 g/mol. The molecular formula is C12H12F3N9S. The fraction of sp³-hybridized carbons (Fsp3) is 0.417. The topological polar surface area (TPSA) is 113 Å². The molecule has 0 bridgehead atoms. The Kier molecular flexibility index (Phi) is 3.59. The zero-order valence-electron chi connectivity index (χ0n) is 12.7. The van der Waals surface area contributed by atoms with E-state index in [0.29, 0.717) is 32.0 Å². The first kappa shape index (κ1) is 15.8. The molecule has 0 saturated carbocycles. The van der Waals surface area contributed by atoms with Crippen LogP contribution in [0.3, 0.4) is 0 Å². The molecule has 3 aromatic rings. The van der Waals surface area contributed by atoms with E-state index in [1.165, 1.54) is 17.9 Å². The van der Waals surface area contributed by atoms with Gasteiger partial charge in [-0.2, -0.15) is 22.5 Å². The Hall–Kier alpha value is -2.70. The summed E-state index contributed by atoms with van der Waals surface area (Å²) in [7, 11) is 0. The van der Waals surface area contributed by atoms with Gasteiger partial charge in [-0.25, -0.2) is 15.0 Å². The zero-order valence-corrected chi connectivity index (χ0v) is 13.5. The third kappa shape index (κ3) is 2.90. The van der Waals surface area contributed by atoms with Crippen LogP contribution in [0.15, 0.2) is 6.33 Å². The molecule has 25 heavy (non-hydrogen) atoms. The minimum absolute atomic E-state index is 0.00310. The van der Waals surface area contributed by atoms with Crippen molar-refractivity contribution in [1.82, 2.24) is 29.3 Å². The van der Waals surface area contributed by atoms with Crippen molar-refractivity contribution < 1.29 is 13.2 Å². The number of hydrogen-bond acceptors (Lipinski definition) is 9. The van der Waals surface area contributed by atoms with Gasteiger partial charge < -0.3 is 20.5 Å². The SMILES string of the molecule is Nc1nsc(N2CCN(c3ncnc4nc(C(F)(F)F)[nH]c34)CC2)n1. The summed E-state index contributed by atoms with van der Waals surface area (Å²) in [4.78, 5) is 21.8. The first-order chi connectivity index (χ1) is 11.9. The van der Waals surface area contributed by atoms with Gasteiger partial charge in [-0.1, -0.05) is 0 Å². The highest BCUT2D eigenvalue weighted by Crippen LogP contribution is 2.31. The average molecular weight is 371 g/mol. The Balaban J connectivity index is 1.57. The molecule has 1 saturated heterocycles. The smallest absolute Gasteiger partial charge is 0.367 e. The minimum atomic E-state index is -4.56. The van der Waals surface area contributed by atoms with E-state index in [9.17, 15) is 13.2 Å². The Morgan fingerprint density at radius 3 is 2.44 bits per heavy atom. The summed E-state index contributed by atoms with van der Waals surface area (Å²) in [5.74, 6) is -0.436. The Labute approximate surface area is 142 Å². The number of hydrogen-bond donors (Lipinski definition) is 2. The third-order valence-corrected chi connectivity index (χ3v) is 4.61. The second-order valence-corrected chi connectivity index (χ2v) is 6.12. The van der Waals surface area contributed by atoms with Gasteiger partial charge in [0.05, 0.1) is 0 Å². The Bertz CT molecular complexity index is 897. The van der Waals surface area contributed by atoms with Gasteiger partial charge in [-0.15, -0.1) is 0 Å². The van der Waals surface area contributed by atoms with Gasteiger partial charge in [0.15, 0.2) is 11.5 Å². The van der Waals surface area contributed by atoms with Crippen LogP contribution in [-0.2, 0) is 6.18 Å². The number of alkyl halides is 3. The summed E-state index contributed by atoms with van der Waals surface area (Å²) in [5, 5.41) is 0.728. The number of fused-ring (bicyclic) bond motifs is 1. The van der Waals surface area contributed by atoms with Crippen molar-refractivity contribution in [1.29, 1.82) is 0 Å². The summed E-state index contributed by atoms with van der Waals surface area (Å²) < 4.78 is 42.5. The molecule has 4 rings (SSSR count). The number of halogens is 3. The van der Waals surface area contributed by atoms with E-state index in [2.05, 4.69) is 29.3 Å². The van der Waals surface area contributed by atoms with Crippen LogP contribution in [0.5, 0.6) is 0 Å². The van der Waals surface area contributed by atoms with Crippen LogP contribution in [0.25, 0.3) is 11.2 Å². The maximum atomic E-state index is 12.9. The molecule has 4 heterocycles. The van der Waals surface area contributed by atoms with E-state index in [1.54, 1.807) is 0 Å².